The number of amides is 4. The Bertz CT molecular complexity index is 1600. The van der Waals surface area contributed by atoms with Crippen LogP contribution in [-0.4, -0.2) is 129 Å². The highest BCUT2D eigenvalue weighted by Crippen LogP contribution is 2.27. The molecule has 0 spiro atoms. The molecule has 2 aliphatic rings. The Morgan fingerprint density at radius 3 is 2.27 bits per heavy atom. The Kier molecular flexibility index (Phi) is 15.6. The predicted octanol–water partition coefficient (Wildman–Crippen LogP) is -1.68. The van der Waals surface area contributed by atoms with Crippen LogP contribution in [0.25, 0.3) is 0 Å². The van der Waals surface area contributed by atoms with Crippen LogP contribution in [0.1, 0.15) is 56.6 Å². The summed E-state index contributed by atoms with van der Waals surface area (Å²) in [5.74, 6) is -5.43. The first-order valence-electron chi connectivity index (χ1n) is 16.4. The lowest BCUT2D eigenvalue weighted by Gasteiger charge is -2.38. The highest BCUT2D eigenvalue weighted by atomic mass is 32.2. The van der Waals surface area contributed by atoms with Crippen molar-refractivity contribution in [1.82, 2.24) is 15.5 Å². The average Bonchev–Trinajstić information content (AvgIpc) is 3.38. The van der Waals surface area contributed by atoms with Gasteiger partial charge >= 0.3 is 11.9 Å². The first-order chi connectivity index (χ1) is 24.5. The summed E-state index contributed by atoms with van der Waals surface area (Å²) >= 11 is 0. The molecule has 0 radical (unpaired) electrons. The summed E-state index contributed by atoms with van der Waals surface area (Å²) in [6.45, 7) is 1.33. The predicted molar refractivity (Wildman–Crippen MR) is 175 cm³/mol. The zero-order valence-corrected chi connectivity index (χ0v) is 29.0. The second kappa shape index (κ2) is 19.4. The summed E-state index contributed by atoms with van der Waals surface area (Å²) in [6.07, 6.45) is -4.57. The van der Waals surface area contributed by atoms with Crippen LogP contribution in [0.2, 0.25) is 0 Å². The number of nitrogens with zero attached hydrogens (tertiary/aromatic N) is 1. The van der Waals surface area contributed by atoms with E-state index >= 15 is 0 Å². The van der Waals surface area contributed by atoms with Crippen LogP contribution in [0, 0.1) is 0 Å². The van der Waals surface area contributed by atoms with E-state index in [0.29, 0.717) is 49.7 Å². The number of benzene rings is 1. The second-order valence-corrected chi connectivity index (χ2v) is 13.6. The Labute approximate surface area is 298 Å². The lowest BCUT2D eigenvalue weighted by atomic mass is 9.99. The Hall–Kier alpha value is -4.47. The number of unbranched alkanes of at least 4 members (excludes halogenated alkanes) is 3. The van der Waals surface area contributed by atoms with Gasteiger partial charge in [0.1, 0.15) is 42.5 Å². The molecule has 2 aliphatic heterocycles. The molecule has 3 rings (SSSR count). The van der Waals surface area contributed by atoms with Crippen molar-refractivity contribution in [2.45, 2.75) is 95.2 Å². The number of hydrogen-bond acceptors (Lipinski definition) is 14. The first-order valence-corrected chi connectivity index (χ1v) is 18.0. The molecule has 2 heterocycles. The summed E-state index contributed by atoms with van der Waals surface area (Å²) < 4.78 is 48.3. The van der Waals surface area contributed by atoms with Gasteiger partial charge in [-0.15, -0.1) is 0 Å². The van der Waals surface area contributed by atoms with Gasteiger partial charge in [-0.2, -0.15) is 8.42 Å². The SMILES string of the molecule is CC(=O)OCc1ccc(O[C@@H]2O[C@H](C(=O)O)[C@@H](O)[C@H](O)[C@H]2O)cc1CCCCNC(=O)C(CS(=O)(=O)O)NC(=O)CCCCCN1C(=O)C=CC1=O. The number of aliphatic carboxylic acids is 1. The number of nitrogens with one attached hydrogen (secondary N) is 2. The summed E-state index contributed by atoms with van der Waals surface area (Å²) in [6, 6.07) is 2.92. The van der Waals surface area contributed by atoms with Gasteiger partial charge in [-0.05, 0) is 55.4 Å². The Morgan fingerprint density at radius 1 is 0.942 bits per heavy atom. The fraction of sp³-hybridized carbons (Fsp3) is 0.562. The van der Waals surface area contributed by atoms with Gasteiger partial charge in [0.25, 0.3) is 21.9 Å². The number of ether oxygens (including phenoxy) is 3. The zero-order valence-electron chi connectivity index (χ0n) is 28.2. The van der Waals surface area contributed by atoms with Gasteiger partial charge in [0.2, 0.25) is 18.1 Å². The largest absolute Gasteiger partial charge is 0.479 e. The molecule has 4 amide bonds. The third-order valence-electron chi connectivity index (χ3n) is 8.06. The van der Waals surface area contributed by atoms with Crippen molar-refractivity contribution >= 4 is 45.7 Å². The molecule has 0 aromatic heterocycles. The molecule has 288 valence electrons. The molecule has 20 heteroatoms. The number of aliphatic hydroxyl groups excluding tert-OH is 3. The van der Waals surface area contributed by atoms with Crippen molar-refractivity contribution in [1.29, 1.82) is 0 Å². The van der Waals surface area contributed by atoms with Crippen LogP contribution in [0.15, 0.2) is 30.4 Å². The standard InChI is InChI=1S/C32H43N3O16S/c1-18(36)49-16-20-9-10-21(50-32-28(42)26(40)27(41)29(51-32)31(44)45)15-19(20)7-4-5-13-33-30(43)22(17-52(46,47)48)34-23(37)8-3-2-6-14-35-24(38)11-12-25(35)39/h9-12,15,22,26-29,32,40-42H,2-8,13-14,16-17H2,1H3,(H,33,43)(H,34,37)(H,44,45)(H,46,47,48)/t22?,26-,27-,28+,29-,32+/m0/s1. The second-order valence-electron chi connectivity index (χ2n) is 12.2. The smallest absolute Gasteiger partial charge is 0.335 e. The van der Waals surface area contributed by atoms with Crippen molar-refractivity contribution in [2.24, 2.45) is 0 Å². The third-order valence-corrected chi connectivity index (χ3v) is 8.82. The van der Waals surface area contributed by atoms with Crippen LogP contribution in [-0.2, 0) is 61.4 Å². The molecule has 6 atom stereocenters. The molecular formula is C32H43N3O16S. The highest BCUT2D eigenvalue weighted by molar-refractivity contribution is 7.85. The number of esters is 1. The van der Waals surface area contributed by atoms with Crippen molar-refractivity contribution < 1.29 is 76.4 Å². The minimum Gasteiger partial charge on any atom is -0.479 e. The molecule has 7 N–H and O–H groups in total. The number of hydrogen-bond donors (Lipinski definition) is 7. The number of aliphatic hydroxyl groups is 3. The van der Waals surface area contributed by atoms with Crippen molar-refractivity contribution in [2.75, 3.05) is 18.8 Å². The van der Waals surface area contributed by atoms with Gasteiger partial charge in [0.15, 0.2) is 6.10 Å². The van der Waals surface area contributed by atoms with E-state index < -0.39 is 88.2 Å². The molecule has 1 unspecified atom stereocenters. The topological polar surface area (TPSA) is 293 Å². The number of imide groups is 1. The summed E-state index contributed by atoms with van der Waals surface area (Å²) in [5.41, 5.74) is 1.17. The number of carbonyl (C=O) groups excluding carboxylic acids is 5. The average molecular weight is 758 g/mol. The molecule has 0 aliphatic carbocycles. The van der Waals surface area contributed by atoms with E-state index in [0.717, 1.165) is 4.90 Å². The number of rotatable bonds is 20. The van der Waals surface area contributed by atoms with Crippen molar-refractivity contribution in [3.05, 3.63) is 41.5 Å². The summed E-state index contributed by atoms with van der Waals surface area (Å²) in [7, 11) is -4.66. The maximum atomic E-state index is 12.8. The molecule has 52 heavy (non-hydrogen) atoms. The molecule has 19 nitrogen and oxygen atoms in total. The fourth-order valence-electron chi connectivity index (χ4n) is 5.33. The van der Waals surface area contributed by atoms with Crippen LogP contribution < -0.4 is 15.4 Å². The van der Waals surface area contributed by atoms with E-state index in [1.165, 1.54) is 31.2 Å². The first kappa shape index (κ1) is 41.9. The van der Waals surface area contributed by atoms with E-state index in [1.54, 1.807) is 6.07 Å². The van der Waals surface area contributed by atoms with Crippen LogP contribution in [0.3, 0.4) is 0 Å². The Morgan fingerprint density at radius 2 is 1.63 bits per heavy atom. The van der Waals surface area contributed by atoms with Gasteiger partial charge in [0.05, 0.1) is 0 Å². The van der Waals surface area contributed by atoms with E-state index in [4.69, 9.17) is 14.2 Å². The maximum Gasteiger partial charge on any atom is 0.335 e. The van der Waals surface area contributed by atoms with Gasteiger partial charge in [-0.25, -0.2) is 4.79 Å². The van der Waals surface area contributed by atoms with Crippen LogP contribution in [0.5, 0.6) is 5.75 Å². The Balaban J connectivity index is 1.52. The lowest BCUT2D eigenvalue weighted by Crippen LogP contribution is -2.61. The summed E-state index contributed by atoms with van der Waals surface area (Å²) in [4.78, 5) is 72.4. The molecule has 1 saturated heterocycles. The molecule has 1 aromatic rings. The van der Waals surface area contributed by atoms with E-state index in [9.17, 15) is 62.2 Å². The van der Waals surface area contributed by atoms with Crippen molar-refractivity contribution in [3.63, 3.8) is 0 Å². The number of carboxylic acid groups (broad SMARTS) is 1. The minimum atomic E-state index is -4.66. The zero-order chi connectivity index (χ0) is 38.6. The fourth-order valence-corrected chi connectivity index (χ4v) is 5.99. The number of aryl methyl sites for hydroxylation is 1. The van der Waals surface area contributed by atoms with Gasteiger partial charge in [0, 0.05) is 38.6 Å². The normalized spacial score (nSPS) is 22.2. The van der Waals surface area contributed by atoms with Gasteiger partial charge in [-0.1, -0.05) is 12.5 Å². The van der Waals surface area contributed by atoms with E-state index in [2.05, 4.69) is 10.6 Å². The van der Waals surface area contributed by atoms with Crippen molar-refractivity contribution in [3.8, 4) is 5.75 Å². The van der Waals surface area contributed by atoms with Crippen LogP contribution >= 0.6 is 0 Å². The molecule has 1 aromatic carbocycles. The molecule has 1 fully saturated rings. The lowest BCUT2D eigenvalue weighted by molar-refractivity contribution is -0.271. The minimum absolute atomic E-state index is 0.0356. The molecule has 0 bridgehead atoms. The molecular weight excluding hydrogens is 714 g/mol. The monoisotopic (exact) mass is 757 g/mol. The number of carboxylic acids is 1. The number of carbonyl (C=O) groups is 6. The van der Waals surface area contributed by atoms with E-state index in [-0.39, 0.29) is 31.9 Å². The van der Waals surface area contributed by atoms with Gasteiger partial charge < -0.3 is 45.3 Å². The third kappa shape index (κ3) is 12.9. The van der Waals surface area contributed by atoms with Gasteiger partial charge in [-0.3, -0.25) is 33.4 Å². The van der Waals surface area contributed by atoms with E-state index in [1.807, 2.05) is 0 Å². The summed E-state index contributed by atoms with van der Waals surface area (Å²) in [5, 5.41) is 44.4. The quantitative estimate of drug-likeness (QED) is 0.0338. The highest BCUT2D eigenvalue weighted by Gasteiger charge is 2.48. The van der Waals surface area contributed by atoms with Crippen LogP contribution in [0.4, 0.5) is 0 Å². The maximum absolute atomic E-state index is 12.8. The molecule has 0 saturated carbocycles.